The average Bonchev–Trinajstić information content (AvgIpc) is 1.63. The van der Waals surface area contributed by atoms with Crippen LogP contribution < -0.4 is 5.32 Å². The summed E-state index contributed by atoms with van der Waals surface area (Å²) in [6.07, 6.45) is 0. The fourth-order valence-electron chi connectivity index (χ4n) is 0.355. The van der Waals surface area contributed by atoms with Gasteiger partial charge in [-0.1, -0.05) is 0 Å². The van der Waals surface area contributed by atoms with E-state index in [1.807, 2.05) is 13.8 Å². The molecule has 0 aliphatic rings. The molecule has 3 heteroatoms. The van der Waals surface area contributed by atoms with E-state index in [2.05, 4.69) is 11.9 Å². The second-order valence-corrected chi connectivity index (χ2v) is 2.15. The summed E-state index contributed by atoms with van der Waals surface area (Å²) < 4.78 is 0. The Balaban J connectivity index is 3.65. The molecule has 0 bridgehead atoms. The minimum Gasteiger partial charge on any atom is -0.351 e. The van der Waals surface area contributed by atoms with Crippen LogP contribution in [0.15, 0.2) is 12.1 Å². The summed E-state index contributed by atoms with van der Waals surface area (Å²) in [5.41, 5.74) is 0.0590. The first-order valence-corrected chi connectivity index (χ1v) is 2.79. The molecule has 0 aromatic carbocycles. The topological polar surface area (TPSA) is 29.1 Å². The zero-order valence-electron chi connectivity index (χ0n) is 5.77. The zero-order valence-corrected chi connectivity index (χ0v) is 5.77. The van der Waals surface area contributed by atoms with E-state index in [-0.39, 0.29) is 17.4 Å². The van der Waals surface area contributed by atoms with Gasteiger partial charge in [0, 0.05) is 6.04 Å². The number of amides is 1. The molecular weight excluding hydrogens is 113 g/mol. The van der Waals surface area contributed by atoms with Crippen molar-refractivity contribution in [1.29, 1.82) is 0 Å². The van der Waals surface area contributed by atoms with Crippen molar-refractivity contribution in [2.75, 3.05) is 0 Å². The number of nitrogens with one attached hydrogen (secondary N) is 1. The molecule has 0 unspecified atom stereocenters. The fourth-order valence-corrected chi connectivity index (χ4v) is 0.355. The molecule has 0 aromatic rings. The number of carbonyl (C=O) groups is 1. The van der Waals surface area contributed by atoms with E-state index in [1.165, 1.54) is 0 Å². The smallest absolute Gasteiger partial charge is 0.236 e. The van der Waals surface area contributed by atoms with Gasteiger partial charge in [-0.3, -0.25) is 4.79 Å². The van der Waals surface area contributed by atoms with Gasteiger partial charge in [0.15, 0.2) is 0 Å². The second kappa shape index (κ2) is 3.33. The molecule has 48 valence electrons. The monoisotopic (exact) mass is 123 g/mol. The highest BCUT2D eigenvalue weighted by atomic mass is 16.1. The lowest BCUT2D eigenvalue weighted by Gasteiger charge is -2.06. The molecule has 0 rings (SSSR count). The van der Waals surface area contributed by atoms with Crippen molar-refractivity contribution in [2.24, 2.45) is 0 Å². The molecule has 1 N–H and O–H groups in total. The number of hydrogen-bond acceptors (Lipinski definition) is 1. The maximum absolute atomic E-state index is 10.6. The van der Waals surface area contributed by atoms with Gasteiger partial charge in [-0.05, 0) is 19.3 Å². The Morgan fingerprint density at radius 1 is 1.67 bits per heavy atom. The lowest BCUT2D eigenvalue weighted by Crippen LogP contribution is -2.31. The Hall–Kier alpha value is -0.725. The van der Waals surface area contributed by atoms with Crippen molar-refractivity contribution < 1.29 is 4.79 Å². The third kappa shape index (κ3) is 3.82. The Bertz CT molecular complexity index is 131. The summed E-state index contributed by atoms with van der Waals surface area (Å²) >= 11 is 0. The predicted molar refractivity (Wildman–Crippen MR) is 38.2 cm³/mol. The van der Waals surface area contributed by atoms with Gasteiger partial charge in [0.25, 0.3) is 0 Å². The maximum atomic E-state index is 10.6. The highest BCUT2D eigenvalue weighted by molar-refractivity contribution is 6.35. The largest absolute Gasteiger partial charge is 0.351 e. The molecule has 0 aliphatic heterocycles. The molecule has 0 heterocycles. The van der Waals surface area contributed by atoms with Crippen LogP contribution in [0.2, 0.25) is 0 Å². The van der Waals surface area contributed by atoms with Crippen LogP contribution in [-0.4, -0.2) is 19.8 Å². The van der Waals surface area contributed by atoms with Crippen LogP contribution >= 0.6 is 0 Å². The highest BCUT2D eigenvalue weighted by Gasteiger charge is 2.00. The van der Waals surface area contributed by atoms with Crippen LogP contribution in [0.4, 0.5) is 0 Å². The van der Waals surface area contributed by atoms with Gasteiger partial charge in [-0.25, -0.2) is 0 Å². The van der Waals surface area contributed by atoms with Crippen LogP contribution in [0.5, 0.6) is 0 Å². The van der Waals surface area contributed by atoms with Gasteiger partial charge >= 0.3 is 0 Å². The Morgan fingerprint density at radius 2 is 2.11 bits per heavy atom. The predicted octanol–water partition coefficient (Wildman–Crippen LogP) is 0.193. The Labute approximate surface area is 56.7 Å². The normalized spacial score (nSPS) is 9.22. The number of carbonyl (C=O) groups excluding carboxylic acids is 1. The first kappa shape index (κ1) is 8.27. The highest BCUT2D eigenvalue weighted by Crippen LogP contribution is 1.83. The molecule has 0 saturated carbocycles. The minimum absolute atomic E-state index is 0.0590. The summed E-state index contributed by atoms with van der Waals surface area (Å²) in [6.45, 7) is 7.00. The zero-order chi connectivity index (χ0) is 7.44. The quantitative estimate of drug-likeness (QED) is 0.412. The molecule has 9 heavy (non-hydrogen) atoms. The Morgan fingerprint density at radius 3 is 2.22 bits per heavy atom. The van der Waals surface area contributed by atoms with Crippen molar-refractivity contribution in [1.82, 2.24) is 5.32 Å². The van der Waals surface area contributed by atoms with Crippen LogP contribution in [0.1, 0.15) is 13.8 Å². The van der Waals surface area contributed by atoms with Crippen LogP contribution in [0.3, 0.4) is 0 Å². The summed E-state index contributed by atoms with van der Waals surface area (Å²) in [5, 5.41) is 2.58. The van der Waals surface area contributed by atoms with E-state index in [1.54, 1.807) is 0 Å². The first-order valence-electron chi connectivity index (χ1n) is 2.79. The summed E-state index contributed by atoms with van der Waals surface area (Å²) in [4.78, 5) is 10.6. The van der Waals surface area contributed by atoms with Gasteiger partial charge in [0.2, 0.25) is 5.91 Å². The van der Waals surface area contributed by atoms with E-state index in [0.29, 0.717) is 0 Å². The SMILES string of the molecule is [B]C(=C)C(=O)NC(C)C. The fraction of sp³-hybridized carbons (Fsp3) is 0.500. The van der Waals surface area contributed by atoms with Crippen LogP contribution in [0.25, 0.3) is 0 Å². The molecule has 0 fully saturated rings. The standard InChI is InChI=1S/C6H10BNO/c1-4(2)8-6(9)5(3)7/h4H,3H2,1-2H3,(H,8,9). The average molecular weight is 123 g/mol. The van der Waals surface area contributed by atoms with Crippen molar-refractivity contribution in [2.45, 2.75) is 19.9 Å². The summed E-state index contributed by atoms with van der Waals surface area (Å²) in [5.74, 6) is -0.287. The van der Waals surface area contributed by atoms with Crippen molar-refractivity contribution >= 4 is 13.8 Å². The molecule has 0 saturated heterocycles. The summed E-state index contributed by atoms with van der Waals surface area (Å²) in [7, 11) is 5.08. The molecule has 0 aliphatic carbocycles. The Kier molecular flexibility index (Phi) is 3.06. The molecule has 2 radical (unpaired) electrons. The van der Waals surface area contributed by atoms with Crippen LogP contribution in [0, 0.1) is 0 Å². The molecular formula is C6H10BNO. The third-order valence-corrected chi connectivity index (χ3v) is 0.711. The van der Waals surface area contributed by atoms with Crippen molar-refractivity contribution in [3.05, 3.63) is 12.1 Å². The van der Waals surface area contributed by atoms with E-state index in [0.717, 1.165) is 0 Å². The van der Waals surface area contributed by atoms with Gasteiger partial charge in [0.1, 0.15) is 7.85 Å². The van der Waals surface area contributed by atoms with E-state index >= 15 is 0 Å². The van der Waals surface area contributed by atoms with Gasteiger partial charge in [-0.15, -0.1) is 6.58 Å². The third-order valence-electron chi connectivity index (χ3n) is 0.711. The van der Waals surface area contributed by atoms with E-state index < -0.39 is 0 Å². The van der Waals surface area contributed by atoms with E-state index in [9.17, 15) is 4.79 Å². The van der Waals surface area contributed by atoms with Gasteiger partial charge in [-0.2, -0.15) is 0 Å². The minimum atomic E-state index is -0.287. The molecule has 0 spiro atoms. The number of hydrogen-bond donors (Lipinski definition) is 1. The molecule has 2 nitrogen and oxygen atoms in total. The maximum Gasteiger partial charge on any atom is 0.236 e. The molecule has 1 amide bonds. The van der Waals surface area contributed by atoms with Gasteiger partial charge < -0.3 is 5.32 Å². The molecule has 0 atom stereocenters. The number of rotatable bonds is 2. The van der Waals surface area contributed by atoms with Crippen molar-refractivity contribution in [3.8, 4) is 0 Å². The van der Waals surface area contributed by atoms with Gasteiger partial charge in [0.05, 0.1) is 0 Å². The first-order chi connectivity index (χ1) is 4.04. The van der Waals surface area contributed by atoms with Crippen molar-refractivity contribution in [3.63, 3.8) is 0 Å². The van der Waals surface area contributed by atoms with Crippen LogP contribution in [-0.2, 0) is 4.79 Å². The lowest BCUT2D eigenvalue weighted by atomic mass is 9.97. The molecule has 0 aromatic heterocycles. The second-order valence-electron chi connectivity index (χ2n) is 2.15. The lowest BCUT2D eigenvalue weighted by molar-refractivity contribution is -0.117. The summed E-state index contributed by atoms with van der Waals surface area (Å²) in [6, 6.07) is 0.123. The van der Waals surface area contributed by atoms with E-state index in [4.69, 9.17) is 7.85 Å².